The van der Waals surface area contributed by atoms with Gasteiger partial charge in [-0.15, -0.1) is 0 Å². The monoisotopic (exact) mass is 326 g/mol. The summed E-state index contributed by atoms with van der Waals surface area (Å²) in [7, 11) is 1.58. The molecule has 0 aromatic heterocycles. The molecule has 1 amide bonds. The Morgan fingerprint density at radius 2 is 1.67 bits per heavy atom. The number of nitrogens with zero attached hydrogens (tertiary/aromatic N) is 1. The van der Waals surface area contributed by atoms with Crippen molar-refractivity contribution in [2.45, 2.75) is 19.9 Å². The molecule has 4 nitrogen and oxygen atoms in total. The second-order valence-electron chi connectivity index (χ2n) is 5.56. The summed E-state index contributed by atoms with van der Waals surface area (Å²) < 4.78 is 5.28. The van der Waals surface area contributed by atoms with Gasteiger partial charge in [-0.1, -0.05) is 56.3 Å². The van der Waals surface area contributed by atoms with Crippen LogP contribution in [-0.4, -0.2) is 37.6 Å². The van der Waals surface area contributed by atoms with E-state index in [4.69, 9.17) is 4.74 Å². The summed E-state index contributed by atoms with van der Waals surface area (Å²) in [4.78, 5) is 14.9. The van der Waals surface area contributed by atoms with Gasteiger partial charge < -0.3 is 10.1 Å². The topological polar surface area (TPSA) is 41.6 Å². The van der Waals surface area contributed by atoms with Crippen LogP contribution in [0.1, 0.15) is 35.8 Å². The van der Waals surface area contributed by atoms with Crippen LogP contribution in [0.15, 0.2) is 54.6 Å². The molecule has 2 aromatic carbocycles. The van der Waals surface area contributed by atoms with Gasteiger partial charge in [-0.05, 0) is 30.8 Å². The van der Waals surface area contributed by atoms with E-state index in [9.17, 15) is 4.79 Å². The number of carbonyl (C=O) groups excluding carboxylic acids is 1. The predicted molar refractivity (Wildman–Crippen MR) is 97.4 cm³/mol. The minimum Gasteiger partial charge on any atom is -0.496 e. The minimum atomic E-state index is -0.111. The number of likely N-dealkylation sites (N-methyl/N-ethyl adjacent to an activating group) is 1. The van der Waals surface area contributed by atoms with Crippen molar-refractivity contribution >= 4 is 5.91 Å². The molecule has 0 radical (unpaired) electrons. The van der Waals surface area contributed by atoms with E-state index in [1.54, 1.807) is 19.2 Å². The first kappa shape index (κ1) is 18.0. The van der Waals surface area contributed by atoms with Crippen molar-refractivity contribution in [3.05, 3.63) is 65.7 Å². The van der Waals surface area contributed by atoms with Crippen LogP contribution >= 0.6 is 0 Å². The van der Waals surface area contributed by atoms with Crippen LogP contribution in [0.25, 0.3) is 0 Å². The average Bonchev–Trinajstić information content (AvgIpc) is 2.65. The van der Waals surface area contributed by atoms with Crippen LogP contribution in [0.2, 0.25) is 0 Å². The summed E-state index contributed by atoms with van der Waals surface area (Å²) in [6, 6.07) is 17.7. The number of hydrogen-bond acceptors (Lipinski definition) is 3. The minimum absolute atomic E-state index is 0.111. The first-order valence-corrected chi connectivity index (χ1v) is 8.41. The Hall–Kier alpha value is -2.33. The van der Waals surface area contributed by atoms with Crippen molar-refractivity contribution in [2.75, 3.05) is 26.7 Å². The van der Waals surface area contributed by atoms with Crippen molar-refractivity contribution in [3.8, 4) is 5.75 Å². The Kier molecular flexibility index (Phi) is 6.82. The van der Waals surface area contributed by atoms with E-state index in [0.717, 1.165) is 13.1 Å². The fraction of sp³-hybridized carbons (Fsp3) is 0.350. The van der Waals surface area contributed by atoms with Crippen molar-refractivity contribution in [1.29, 1.82) is 0 Å². The zero-order valence-corrected chi connectivity index (χ0v) is 14.7. The Labute approximate surface area is 144 Å². The third kappa shape index (κ3) is 4.36. The molecule has 24 heavy (non-hydrogen) atoms. The first-order valence-electron chi connectivity index (χ1n) is 8.41. The molecule has 4 heteroatoms. The van der Waals surface area contributed by atoms with Gasteiger partial charge in [0.2, 0.25) is 0 Å². The molecule has 0 aliphatic carbocycles. The summed E-state index contributed by atoms with van der Waals surface area (Å²) >= 11 is 0. The number of methoxy groups -OCH3 is 1. The summed E-state index contributed by atoms with van der Waals surface area (Å²) in [6.07, 6.45) is 0. The maximum absolute atomic E-state index is 12.5. The predicted octanol–water partition coefficient (Wildman–Crippen LogP) is 3.51. The molecule has 0 bridgehead atoms. The highest BCUT2D eigenvalue weighted by molar-refractivity contribution is 5.96. The lowest BCUT2D eigenvalue weighted by molar-refractivity contribution is 0.0932. The lowest BCUT2D eigenvalue weighted by atomic mass is 10.0. The summed E-state index contributed by atoms with van der Waals surface area (Å²) in [6.45, 7) is 6.70. The van der Waals surface area contributed by atoms with E-state index in [2.05, 4.69) is 36.2 Å². The summed E-state index contributed by atoms with van der Waals surface area (Å²) in [5, 5.41) is 3.06. The molecule has 0 saturated carbocycles. The Balaban J connectivity index is 2.14. The van der Waals surface area contributed by atoms with Gasteiger partial charge in [0.05, 0.1) is 18.7 Å². The molecule has 128 valence electrons. The lowest BCUT2D eigenvalue weighted by Crippen LogP contribution is -2.38. The zero-order chi connectivity index (χ0) is 17.4. The summed E-state index contributed by atoms with van der Waals surface area (Å²) in [5.41, 5.74) is 1.77. The Morgan fingerprint density at radius 3 is 2.29 bits per heavy atom. The molecular weight excluding hydrogens is 300 g/mol. The standard InChI is InChI=1S/C20H26N2O2/c1-4-22(5-2)18(16-11-7-6-8-12-16)15-21-20(23)17-13-9-10-14-19(17)24-3/h6-14,18H,4-5,15H2,1-3H3,(H,21,23). The average molecular weight is 326 g/mol. The largest absolute Gasteiger partial charge is 0.496 e. The van der Waals surface area contributed by atoms with Gasteiger partial charge in [0, 0.05) is 6.54 Å². The highest BCUT2D eigenvalue weighted by atomic mass is 16.5. The molecule has 2 rings (SSSR count). The Morgan fingerprint density at radius 1 is 1.04 bits per heavy atom. The second kappa shape index (κ2) is 9.08. The molecule has 2 aromatic rings. The highest BCUT2D eigenvalue weighted by Crippen LogP contribution is 2.21. The van der Waals surface area contributed by atoms with E-state index < -0.39 is 0 Å². The second-order valence-corrected chi connectivity index (χ2v) is 5.56. The van der Waals surface area contributed by atoms with Gasteiger partial charge in [-0.2, -0.15) is 0 Å². The molecule has 0 aliphatic heterocycles. The van der Waals surface area contributed by atoms with E-state index in [1.165, 1.54) is 5.56 Å². The molecule has 0 spiro atoms. The number of ether oxygens (including phenoxy) is 1. The highest BCUT2D eigenvalue weighted by Gasteiger charge is 2.20. The summed E-state index contributed by atoms with van der Waals surface area (Å²) in [5.74, 6) is 0.481. The van der Waals surface area contributed by atoms with Gasteiger partial charge in [0.25, 0.3) is 5.91 Å². The van der Waals surface area contributed by atoms with Crippen LogP contribution in [0.5, 0.6) is 5.75 Å². The lowest BCUT2D eigenvalue weighted by Gasteiger charge is -2.30. The number of rotatable bonds is 8. The zero-order valence-electron chi connectivity index (χ0n) is 14.7. The smallest absolute Gasteiger partial charge is 0.255 e. The van der Waals surface area contributed by atoms with Crippen molar-refractivity contribution in [2.24, 2.45) is 0 Å². The van der Waals surface area contributed by atoms with E-state index in [0.29, 0.717) is 17.9 Å². The maximum Gasteiger partial charge on any atom is 0.255 e. The van der Waals surface area contributed by atoms with Crippen LogP contribution in [-0.2, 0) is 0 Å². The number of para-hydroxylation sites is 1. The fourth-order valence-electron chi connectivity index (χ4n) is 2.91. The molecule has 0 aliphatic rings. The molecule has 0 heterocycles. The molecule has 1 atom stereocenters. The van der Waals surface area contributed by atoms with Crippen LogP contribution < -0.4 is 10.1 Å². The van der Waals surface area contributed by atoms with Gasteiger partial charge in [-0.3, -0.25) is 9.69 Å². The van der Waals surface area contributed by atoms with E-state index >= 15 is 0 Å². The Bertz CT molecular complexity index is 639. The molecule has 0 fully saturated rings. The SMILES string of the molecule is CCN(CC)C(CNC(=O)c1ccccc1OC)c1ccccc1. The molecular formula is C20H26N2O2. The van der Waals surface area contributed by atoms with Crippen LogP contribution in [0.4, 0.5) is 0 Å². The maximum atomic E-state index is 12.5. The first-order chi connectivity index (χ1) is 11.7. The van der Waals surface area contributed by atoms with Gasteiger partial charge in [0.1, 0.15) is 5.75 Å². The number of nitrogens with one attached hydrogen (secondary N) is 1. The number of carbonyl (C=O) groups is 1. The van der Waals surface area contributed by atoms with Gasteiger partial charge >= 0.3 is 0 Å². The fourth-order valence-corrected chi connectivity index (χ4v) is 2.91. The van der Waals surface area contributed by atoms with Crippen molar-refractivity contribution < 1.29 is 9.53 Å². The van der Waals surface area contributed by atoms with Crippen molar-refractivity contribution in [1.82, 2.24) is 10.2 Å². The number of benzene rings is 2. The van der Waals surface area contributed by atoms with Crippen molar-refractivity contribution in [3.63, 3.8) is 0 Å². The molecule has 0 saturated heterocycles. The number of hydrogen-bond donors (Lipinski definition) is 1. The normalized spacial score (nSPS) is 12.0. The third-order valence-corrected chi connectivity index (χ3v) is 4.25. The van der Waals surface area contributed by atoms with Gasteiger partial charge in [-0.25, -0.2) is 0 Å². The molecule has 1 N–H and O–H groups in total. The van der Waals surface area contributed by atoms with Crippen LogP contribution in [0, 0.1) is 0 Å². The number of amides is 1. The van der Waals surface area contributed by atoms with Gasteiger partial charge in [0.15, 0.2) is 0 Å². The van der Waals surface area contributed by atoms with Crippen LogP contribution in [0.3, 0.4) is 0 Å². The quantitative estimate of drug-likeness (QED) is 0.807. The van der Waals surface area contributed by atoms with E-state index in [1.807, 2.05) is 30.3 Å². The third-order valence-electron chi connectivity index (χ3n) is 4.25. The van der Waals surface area contributed by atoms with E-state index in [-0.39, 0.29) is 11.9 Å². The molecule has 1 unspecified atom stereocenters.